The Morgan fingerprint density at radius 3 is 0.947 bits per heavy atom. The Morgan fingerprint density at radius 1 is 0.421 bits per heavy atom. The van der Waals surface area contributed by atoms with Crippen molar-refractivity contribution in [1.82, 2.24) is 0 Å². The van der Waals surface area contributed by atoms with Crippen LogP contribution in [0.15, 0.2) is 0 Å². The summed E-state index contributed by atoms with van der Waals surface area (Å²) in [5, 5.41) is 8.66. The molecule has 0 heterocycles. The van der Waals surface area contributed by atoms with Crippen molar-refractivity contribution < 1.29 is 5.11 Å². The van der Waals surface area contributed by atoms with Crippen LogP contribution in [-0.2, 0) is 0 Å². The smallest absolute Gasteiger partial charge is 0.0431 e. The van der Waals surface area contributed by atoms with Crippen LogP contribution in [0.3, 0.4) is 0 Å². The van der Waals surface area contributed by atoms with E-state index >= 15 is 0 Å². The van der Waals surface area contributed by atoms with Gasteiger partial charge in [-0.05, 0) is 19.4 Å². The molecule has 0 saturated heterocycles. The van der Waals surface area contributed by atoms with Gasteiger partial charge in [0.15, 0.2) is 0 Å². The van der Waals surface area contributed by atoms with Crippen LogP contribution in [0, 0.1) is 0 Å². The highest BCUT2D eigenvalue weighted by Gasteiger charge is 1.94. The molecule has 0 amide bonds. The van der Waals surface area contributed by atoms with Gasteiger partial charge in [0, 0.05) is 6.61 Å². The molecule has 0 aromatic heterocycles. The fourth-order valence-corrected chi connectivity index (χ4v) is 2.55. The normalized spacial score (nSPS) is 11.1. The second-order valence-electron chi connectivity index (χ2n) is 5.82. The third-order valence-corrected chi connectivity index (χ3v) is 3.86. The third-order valence-electron chi connectivity index (χ3n) is 3.86. The van der Waals surface area contributed by atoms with Crippen molar-refractivity contribution in [3.63, 3.8) is 0 Å². The van der Waals surface area contributed by atoms with Crippen molar-refractivity contribution in [3.05, 3.63) is 0 Å². The van der Waals surface area contributed by atoms with E-state index in [1.807, 2.05) is 0 Å². The zero-order valence-electron chi connectivity index (χ0n) is 13.0. The molecule has 0 aromatic rings. The van der Waals surface area contributed by atoms with Crippen LogP contribution in [-0.4, -0.2) is 18.3 Å². The molecule has 116 valence electrons. The summed E-state index contributed by atoms with van der Waals surface area (Å²) in [6, 6.07) is 0. The zero-order chi connectivity index (χ0) is 14.0. The lowest BCUT2D eigenvalue weighted by molar-refractivity contribution is 0.282. The van der Waals surface area contributed by atoms with E-state index in [1.54, 1.807) is 0 Å². The molecule has 0 spiro atoms. The first-order valence-corrected chi connectivity index (χ1v) is 8.72. The molecule has 2 heteroatoms. The maximum Gasteiger partial charge on any atom is 0.0431 e. The fraction of sp³-hybridized carbons (Fsp3) is 1.00. The number of aliphatic hydroxyl groups excluding tert-OH is 1. The summed E-state index contributed by atoms with van der Waals surface area (Å²) in [6.45, 7) is 1.23. The molecule has 0 fully saturated rings. The lowest BCUT2D eigenvalue weighted by Gasteiger charge is -2.03. The minimum atomic E-state index is 0.367. The molecule has 0 unspecified atom stereocenters. The van der Waals surface area contributed by atoms with E-state index < -0.39 is 0 Å². The largest absolute Gasteiger partial charge is 0.396 e. The molecule has 0 radical (unpaired) electrons. The molecule has 0 bridgehead atoms. The number of aliphatic hydroxyl groups is 1. The Balaban J connectivity index is 2.88. The number of nitrogens with two attached hydrogens (primary N) is 1. The third kappa shape index (κ3) is 17.9. The maximum absolute atomic E-state index is 8.66. The van der Waals surface area contributed by atoms with Gasteiger partial charge in [0.1, 0.15) is 0 Å². The standard InChI is InChI=1S/C17H37NO/c18-16-14-12-10-8-6-4-2-1-3-5-7-9-11-13-15-17-19/h19H,1-18H2. The Kier molecular flexibility index (Phi) is 17.8. The van der Waals surface area contributed by atoms with Crippen LogP contribution in [0.2, 0.25) is 0 Å². The Morgan fingerprint density at radius 2 is 0.684 bits per heavy atom. The molecule has 0 saturated carbocycles. The molecular weight excluding hydrogens is 234 g/mol. The molecule has 0 aromatic carbocycles. The van der Waals surface area contributed by atoms with Crippen molar-refractivity contribution in [1.29, 1.82) is 0 Å². The minimum Gasteiger partial charge on any atom is -0.396 e. The van der Waals surface area contributed by atoms with Gasteiger partial charge in [-0.25, -0.2) is 0 Å². The quantitative estimate of drug-likeness (QED) is 0.396. The van der Waals surface area contributed by atoms with Crippen molar-refractivity contribution in [2.24, 2.45) is 5.73 Å². The first-order chi connectivity index (χ1) is 9.41. The van der Waals surface area contributed by atoms with E-state index in [4.69, 9.17) is 10.8 Å². The average molecular weight is 271 g/mol. The van der Waals surface area contributed by atoms with E-state index in [0.29, 0.717) is 6.61 Å². The van der Waals surface area contributed by atoms with Crippen molar-refractivity contribution in [2.45, 2.75) is 96.3 Å². The lowest BCUT2D eigenvalue weighted by Crippen LogP contribution is -1.97. The Bertz CT molecular complexity index is 134. The second kappa shape index (κ2) is 17.9. The predicted octanol–water partition coefficient (Wildman–Crippen LogP) is 4.79. The Hall–Kier alpha value is -0.0800. The highest BCUT2D eigenvalue weighted by molar-refractivity contribution is 4.49. The van der Waals surface area contributed by atoms with Crippen LogP contribution >= 0.6 is 0 Å². The molecular formula is C17H37NO. The van der Waals surface area contributed by atoms with Crippen molar-refractivity contribution >= 4 is 0 Å². The van der Waals surface area contributed by atoms with Gasteiger partial charge in [0.05, 0.1) is 0 Å². The summed E-state index contributed by atoms with van der Waals surface area (Å²) in [5.41, 5.74) is 5.47. The van der Waals surface area contributed by atoms with Gasteiger partial charge < -0.3 is 10.8 Å². The van der Waals surface area contributed by atoms with Gasteiger partial charge in [-0.1, -0.05) is 83.5 Å². The summed E-state index contributed by atoms with van der Waals surface area (Å²) < 4.78 is 0. The van der Waals surface area contributed by atoms with Crippen molar-refractivity contribution in [3.8, 4) is 0 Å². The average Bonchev–Trinajstić information content (AvgIpc) is 2.43. The SMILES string of the molecule is NCCCCCCCCCCCCCCCCCO. The molecule has 19 heavy (non-hydrogen) atoms. The molecule has 0 aliphatic rings. The van der Waals surface area contributed by atoms with Crippen LogP contribution in [0.25, 0.3) is 0 Å². The van der Waals surface area contributed by atoms with Crippen LogP contribution in [0.4, 0.5) is 0 Å². The topological polar surface area (TPSA) is 46.2 Å². The Labute approximate surface area is 121 Å². The predicted molar refractivity (Wildman–Crippen MR) is 85.4 cm³/mol. The number of hydrogen-bond acceptors (Lipinski definition) is 2. The maximum atomic E-state index is 8.66. The van der Waals surface area contributed by atoms with E-state index in [1.165, 1.54) is 89.9 Å². The van der Waals surface area contributed by atoms with E-state index in [9.17, 15) is 0 Å². The van der Waals surface area contributed by atoms with E-state index in [2.05, 4.69) is 0 Å². The molecule has 0 aliphatic carbocycles. The summed E-state index contributed by atoms with van der Waals surface area (Å²) in [7, 11) is 0. The van der Waals surface area contributed by atoms with Crippen molar-refractivity contribution in [2.75, 3.05) is 13.2 Å². The number of unbranched alkanes of at least 4 members (excludes halogenated alkanes) is 14. The fourth-order valence-electron chi connectivity index (χ4n) is 2.55. The van der Waals surface area contributed by atoms with Gasteiger partial charge in [-0.3, -0.25) is 0 Å². The molecule has 0 rings (SSSR count). The summed E-state index contributed by atoms with van der Waals surface area (Å²) in [6.07, 6.45) is 20.1. The highest BCUT2D eigenvalue weighted by atomic mass is 16.2. The first kappa shape index (κ1) is 18.9. The second-order valence-corrected chi connectivity index (χ2v) is 5.82. The summed E-state index contributed by atoms with van der Waals surface area (Å²) in [5.74, 6) is 0. The van der Waals surface area contributed by atoms with Gasteiger partial charge in [-0.2, -0.15) is 0 Å². The van der Waals surface area contributed by atoms with Gasteiger partial charge in [0.25, 0.3) is 0 Å². The van der Waals surface area contributed by atoms with E-state index in [-0.39, 0.29) is 0 Å². The van der Waals surface area contributed by atoms with Crippen LogP contribution in [0.1, 0.15) is 96.3 Å². The monoisotopic (exact) mass is 271 g/mol. The minimum absolute atomic E-state index is 0.367. The lowest BCUT2D eigenvalue weighted by atomic mass is 10.0. The summed E-state index contributed by atoms with van der Waals surface area (Å²) in [4.78, 5) is 0. The molecule has 0 aliphatic heterocycles. The number of rotatable bonds is 16. The molecule has 2 nitrogen and oxygen atoms in total. The first-order valence-electron chi connectivity index (χ1n) is 8.72. The zero-order valence-corrected chi connectivity index (χ0v) is 13.0. The van der Waals surface area contributed by atoms with Crippen LogP contribution in [0.5, 0.6) is 0 Å². The number of hydrogen-bond donors (Lipinski definition) is 2. The molecule has 3 N–H and O–H groups in total. The van der Waals surface area contributed by atoms with Gasteiger partial charge >= 0.3 is 0 Å². The van der Waals surface area contributed by atoms with E-state index in [0.717, 1.165) is 13.0 Å². The molecule has 0 atom stereocenters. The van der Waals surface area contributed by atoms with Crippen LogP contribution < -0.4 is 5.73 Å². The van der Waals surface area contributed by atoms with Gasteiger partial charge in [-0.15, -0.1) is 0 Å². The summed E-state index contributed by atoms with van der Waals surface area (Å²) >= 11 is 0. The highest BCUT2D eigenvalue weighted by Crippen LogP contribution is 2.13. The van der Waals surface area contributed by atoms with Gasteiger partial charge in [0.2, 0.25) is 0 Å².